The molecule has 15 N–H and O–H groups in total. The Morgan fingerprint density at radius 1 is 0.556 bits per heavy atom. The third-order valence-corrected chi connectivity index (χ3v) is 0. The standard InChI is InChI=1S/3ClH.5H3N.Rh/h3*1H;5*1H3;/q;;;;;;;;+3/p-3. The van der Waals surface area contributed by atoms with Crippen LogP contribution in [0.2, 0.25) is 0 Å². The first-order valence-electron chi connectivity index (χ1n) is 0.126. The molecule has 0 spiro atoms. The van der Waals surface area contributed by atoms with Crippen LogP contribution in [0.3, 0.4) is 0 Å². The number of hydrogen-bond donors (Lipinski definition) is 5. The van der Waals surface area contributed by atoms with Gasteiger partial charge in [0, 0.05) is 0 Å². The number of hydrogen-bond acceptors (Lipinski definition) is 5. The fourth-order valence-corrected chi connectivity index (χ4v) is 0. The first kappa shape index (κ1) is 169. The zero-order chi connectivity index (χ0) is 2.00. The molecule has 9 heavy (non-hydrogen) atoms. The summed E-state index contributed by atoms with van der Waals surface area (Å²) in [5.74, 6) is 0. The molecule has 0 saturated heterocycles. The average Bonchev–Trinajstić information content (AvgIpc) is 1.00. The first-order chi connectivity index (χ1) is 1.00. The summed E-state index contributed by atoms with van der Waals surface area (Å²) in [7, 11) is 4.53. The Morgan fingerprint density at radius 3 is 0.556 bits per heavy atom. The summed E-state index contributed by atoms with van der Waals surface area (Å²) < 4.78 is 0. The normalized spacial score (nSPS) is 0.667. The van der Waals surface area contributed by atoms with Crippen LogP contribution in [0.15, 0.2) is 0 Å². The van der Waals surface area contributed by atoms with Crippen molar-refractivity contribution in [2.75, 3.05) is 0 Å². The van der Waals surface area contributed by atoms with Crippen LogP contribution in [0.5, 0.6) is 0 Å². The Labute approximate surface area is 82.5 Å². The van der Waals surface area contributed by atoms with Crippen molar-refractivity contribution in [1.82, 2.24) is 30.8 Å². The molecule has 5 nitrogen and oxygen atoms in total. The van der Waals surface area contributed by atoms with Gasteiger partial charge in [-0.2, -0.15) is 0 Å². The zero-order valence-corrected chi connectivity index (χ0v) is 8.91. The van der Waals surface area contributed by atoms with Crippen molar-refractivity contribution in [2.45, 2.75) is 0 Å². The van der Waals surface area contributed by atoms with E-state index in [-0.39, 0.29) is 55.6 Å². The number of rotatable bonds is 0. The second kappa shape index (κ2) is 382. The SMILES string of the molecule is N.N.N.N.N.[Cl-].[Cl-].[Cl][Rh+2]. The van der Waals surface area contributed by atoms with Crippen LogP contribution in [-0.2, 0) is 17.3 Å². The Balaban J connectivity index is -0.000000000238. The quantitative estimate of drug-likeness (QED) is 0.282. The maximum atomic E-state index is 4.53. The van der Waals surface area contributed by atoms with E-state index in [1.54, 1.807) is 0 Å². The summed E-state index contributed by atoms with van der Waals surface area (Å²) in [4.78, 5) is 0. The van der Waals surface area contributed by atoms with E-state index >= 15 is 0 Å². The second-order valence-electron chi connectivity index (χ2n) is 0. The molecule has 0 aromatic rings. The van der Waals surface area contributed by atoms with Crippen LogP contribution in [0, 0.1) is 0 Å². The molecular formula is H15Cl3N5Rh. The van der Waals surface area contributed by atoms with E-state index in [1.165, 1.54) is 0 Å². The van der Waals surface area contributed by atoms with Gasteiger partial charge in [-0.15, -0.1) is 0 Å². The van der Waals surface area contributed by atoms with Crippen LogP contribution in [0.4, 0.5) is 0 Å². The van der Waals surface area contributed by atoms with Gasteiger partial charge >= 0.3 is 27.0 Å². The van der Waals surface area contributed by atoms with Crippen LogP contribution in [0.1, 0.15) is 0 Å². The number of halogens is 3. The molecule has 9 heteroatoms. The van der Waals surface area contributed by atoms with Crippen molar-refractivity contribution < 1.29 is 42.1 Å². The fourth-order valence-electron chi connectivity index (χ4n) is 0. The molecule has 0 rings (SSSR count). The Hall–Kier alpha value is 1.29. The maximum absolute atomic E-state index is 4.53. The summed E-state index contributed by atoms with van der Waals surface area (Å²) in [6.45, 7) is 0. The Morgan fingerprint density at radius 2 is 0.556 bits per heavy atom. The molecule has 0 fully saturated rings. The molecule has 0 aliphatic rings. The summed E-state index contributed by atoms with van der Waals surface area (Å²) in [6, 6.07) is 0. The van der Waals surface area contributed by atoms with Gasteiger partial charge in [0.05, 0.1) is 0 Å². The topological polar surface area (TPSA) is 175 Å². The van der Waals surface area contributed by atoms with Crippen molar-refractivity contribution in [3.63, 3.8) is 0 Å². The van der Waals surface area contributed by atoms with Crippen molar-refractivity contribution in [3.05, 3.63) is 0 Å². The van der Waals surface area contributed by atoms with Crippen LogP contribution in [0.25, 0.3) is 0 Å². The molecule has 70 valence electrons. The third-order valence-electron chi connectivity index (χ3n) is 0. The van der Waals surface area contributed by atoms with Crippen molar-refractivity contribution in [1.29, 1.82) is 0 Å². The van der Waals surface area contributed by atoms with E-state index in [0.717, 1.165) is 0 Å². The van der Waals surface area contributed by atoms with Gasteiger partial charge < -0.3 is 55.6 Å². The third kappa shape index (κ3) is 296. The van der Waals surface area contributed by atoms with Gasteiger partial charge in [0.2, 0.25) is 0 Å². The van der Waals surface area contributed by atoms with Gasteiger partial charge in [0.25, 0.3) is 0 Å². The molecule has 0 radical (unpaired) electrons. The molecule has 0 heterocycles. The van der Waals surface area contributed by atoms with Gasteiger partial charge in [0.1, 0.15) is 0 Å². The fraction of sp³-hybridized carbons (Fsp3) is 0. The van der Waals surface area contributed by atoms with E-state index < -0.39 is 0 Å². The van der Waals surface area contributed by atoms with Gasteiger partial charge in [0.15, 0.2) is 0 Å². The molecule has 0 atom stereocenters. The van der Waals surface area contributed by atoms with Crippen LogP contribution in [-0.4, -0.2) is 0 Å². The summed E-state index contributed by atoms with van der Waals surface area (Å²) in [5.41, 5.74) is 0. The predicted molar refractivity (Wildman–Crippen MR) is 31.0 cm³/mol. The summed E-state index contributed by atoms with van der Waals surface area (Å²) >= 11 is 2.02. The van der Waals surface area contributed by atoms with Crippen molar-refractivity contribution in [2.24, 2.45) is 0 Å². The van der Waals surface area contributed by atoms with E-state index in [4.69, 9.17) is 0 Å². The molecule has 0 unspecified atom stereocenters. The molecule has 0 aromatic heterocycles. The van der Waals surface area contributed by atoms with Gasteiger partial charge in [-0.3, -0.25) is 0 Å². The molecule has 0 saturated carbocycles. The van der Waals surface area contributed by atoms with E-state index in [0.29, 0.717) is 0 Å². The molecule has 0 aliphatic carbocycles. The molecule has 0 amide bonds. The Bertz CT molecular complexity index is 12.2. The van der Waals surface area contributed by atoms with Crippen molar-refractivity contribution in [3.8, 4) is 0 Å². The van der Waals surface area contributed by atoms with Gasteiger partial charge in [-0.1, -0.05) is 0 Å². The summed E-state index contributed by atoms with van der Waals surface area (Å²) in [5, 5.41) is 0. The minimum atomic E-state index is 0. The van der Waals surface area contributed by atoms with Gasteiger partial charge in [-0.25, -0.2) is 0 Å². The van der Waals surface area contributed by atoms with E-state index in [2.05, 4.69) is 9.69 Å². The van der Waals surface area contributed by atoms with Crippen LogP contribution >= 0.6 is 9.69 Å². The predicted octanol–water partition coefficient (Wildman–Crippen LogP) is -4.50. The molecule has 0 aromatic carbocycles. The molecular weight excluding hydrogens is 279 g/mol. The minimum absolute atomic E-state index is 0. The summed E-state index contributed by atoms with van der Waals surface area (Å²) in [6.07, 6.45) is 0. The monoisotopic (exact) mass is 293 g/mol. The van der Waals surface area contributed by atoms with E-state index in [9.17, 15) is 0 Å². The average molecular weight is 294 g/mol. The van der Waals surface area contributed by atoms with Crippen LogP contribution < -0.4 is 55.6 Å². The first-order valence-corrected chi connectivity index (χ1v) is 2.24. The van der Waals surface area contributed by atoms with Gasteiger partial charge in [-0.05, 0) is 0 Å². The zero-order valence-electron chi connectivity index (χ0n) is 5.00. The Kier molecular flexibility index (Phi) is 7180. The molecule has 0 aliphatic heterocycles. The second-order valence-corrected chi connectivity index (χ2v) is 0. The van der Waals surface area contributed by atoms with E-state index in [1.807, 2.05) is 17.3 Å². The van der Waals surface area contributed by atoms with Crippen molar-refractivity contribution >= 4 is 9.69 Å². The molecule has 0 bridgehead atoms.